The summed E-state index contributed by atoms with van der Waals surface area (Å²) in [5, 5.41) is 2.90. The maximum Gasteiger partial charge on any atom is 0.258 e. The van der Waals surface area contributed by atoms with Gasteiger partial charge in [-0.05, 0) is 55.3 Å². The molecule has 2 aromatic rings. The number of hydrogen-bond donors (Lipinski definition) is 2. The van der Waals surface area contributed by atoms with Gasteiger partial charge in [0, 0.05) is 5.02 Å². The van der Waals surface area contributed by atoms with Crippen LogP contribution in [0.2, 0.25) is 5.02 Å². The zero-order valence-corrected chi connectivity index (χ0v) is 11.9. The summed E-state index contributed by atoms with van der Waals surface area (Å²) < 4.78 is 13.6. The lowest BCUT2D eigenvalue weighted by Gasteiger charge is -2.11. The van der Waals surface area contributed by atoms with Crippen LogP contribution in [0.4, 0.5) is 15.8 Å². The molecule has 3 nitrogen and oxygen atoms in total. The Labute approximate surface area is 121 Å². The van der Waals surface area contributed by atoms with Crippen molar-refractivity contribution in [2.75, 3.05) is 11.1 Å². The zero-order chi connectivity index (χ0) is 14.9. The SMILES string of the molecule is Cc1cc(N)c(NC(=O)c2cc(Cl)ccc2F)cc1C. The van der Waals surface area contributed by atoms with Gasteiger partial charge in [0.05, 0.1) is 16.9 Å². The first-order valence-corrected chi connectivity index (χ1v) is 6.39. The Bertz CT molecular complexity index is 686. The van der Waals surface area contributed by atoms with E-state index < -0.39 is 11.7 Å². The second-order valence-electron chi connectivity index (χ2n) is 4.60. The van der Waals surface area contributed by atoms with Crippen LogP contribution in [-0.4, -0.2) is 5.91 Å². The molecular formula is C15H14ClFN2O. The molecule has 0 saturated heterocycles. The first-order valence-electron chi connectivity index (χ1n) is 6.01. The Morgan fingerprint density at radius 3 is 2.55 bits per heavy atom. The Balaban J connectivity index is 2.32. The molecular weight excluding hydrogens is 279 g/mol. The number of anilines is 2. The first-order chi connectivity index (χ1) is 9.38. The van der Waals surface area contributed by atoms with Crippen LogP contribution >= 0.6 is 11.6 Å². The number of carbonyl (C=O) groups is 1. The minimum Gasteiger partial charge on any atom is -0.397 e. The van der Waals surface area contributed by atoms with Gasteiger partial charge in [0.2, 0.25) is 0 Å². The van der Waals surface area contributed by atoms with Crippen molar-refractivity contribution in [2.45, 2.75) is 13.8 Å². The number of carbonyl (C=O) groups excluding carboxylic acids is 1. The molecule has 2 aromatic carbocycles. The molecule has 0 heterocycles. The molecule has 5 heteroatoms. The first kappa shape index (κ1) is 14.3. The number of halogens is 2. The molecule has 0 bridgehead atoms. The average Bonchev–Trinajstić information content (AvgIpc) is 2.38. The number of nitrogen functional groups attached to an aromatic ring is 1. The van der Waals surface area contributed by atoms with E-state index in [0.29, 0.717) is 16.4 Å². The smallest absolute Gasteiger partial charge is 0.258 e. The van der Waals surface area contributed by atoms with Gasteiger partial charge < -0.3 is 11.1 Å². The minimum atomic E-state index is -0.630. The van der Waals surface area contributed by atoms with E-state index in [0.717, 1.165) is 17.2 Å². The second-order valence-corrected chi connectivity index (χ2v) is 5.04. The molecule has 0 radical (unpaired) electrons. The van der Waals surface area contributed by atoms with Crippen LogP contribution in [0.1, 0.15) is 21.5 Å². The van der Waals surface area contributed by atoms with Gasteiger partial charge in [0.15, 0.2) is 0 Å². The highest BCUT2D eigenvalue weighted by atomic mass is 35.5. The Kier molecular flexibility index (Phi) is 3.95. The Hall–Kier alpha value is -2.07. The van der Waals surface area contributed by atoms with Crippen molar-refractivity contribution in [1.82, 2.24) is 0 Å². The second kappa shape index (κ2) is 5.51. The number of nitrogens with one attached hydrogen (secondary N) is 1. The van der Waals surface area contributed by atoms with Crippen molar-refractivity contribution >= 4 is 28.9 Å². The Morgan fingerprint density at radius 2 is 1.85 bits per heavy atom. The van der Waals surface area contributed by atoms with E-state index in [-0.39, 0.29) is 5.56 Å². The van der Waals surface area contributed by atoms with Crippen molar-refractivity contribution in [3.05, 3.63) is 57.9 Å². The van der Waals surface area contributed by atoms with Crippen LogP contribution in [0.3, 0.4) is 0 Å². The number of rotatable bonds is 2. The van der Waals surface area contributed by atoms with E-state index in [9.17, 15) is 9.18 Å². The van der Waals surface area contributed by atoms with E-state index in [1.54, 1.807) is 12.1 Å². The molecule has 1 amide bonds. The van der Waals surface area contributed by atoms with Gasteiger partial charge in [-0.25, -0.2) is 4.39 Å². The average molecular weight is 293 g/mol. The van der Waals surface area contributed by atoms with Gasteiger partial charge in [0.1, 0.15) is 5.82 Å². The van der Waals surface area contributed by atoms with E-state index in [1.165, 1.54) is 12.1 Å². The van der Waals surface area contributed by atoms with Crippen LogP contribution in [-0.2, 0) is 0 Å². The summed E-state index contributed by atoms with van der Waals surface area (Å²) in [7, 11) is 0. The quantitative estimate of drug-likeness (QED) is 0.824. The van der Waals surface area contributed by atoms with E-state index >= 15 is 0 Å². The lowest BCUT2D eigenvalue weighted by molar-refractivity contribution is 0.102. The largest absolute Gasteiger partial charge is 0.397 e. The number of amides is 1. The van der Waals surface area contributed by atoms with Gasteiger partial charge in [-0.15, -0.1) is 0 Å². The van der Waals surface area contributed by atoms with E-state index in [4.69, 9.17) is 17.3 Å². The van der Waals surface area contributed by atoms with Gasteiger partial charge in [0.25, 0.3) is 5.91 Å². The third kappa shape index (κ3) is 2.91. The van der Waals surface area contributed by atoms with Crippen LogP contribution in [0.15, 0.2) is 30.3 Å². The topological polar surface area (TPSA) is 55.1 Å². The van der Waals surface area contributed by atoms with Gasteiger partial charge in [-0.3, -0.25) is 4.79 Å². The molecule has 0 aliphatic rings. The third-order valence-corrected chi connectivity index (χ3v) is 3.32. The summed E-state index contributed by atoms with van der Waals surface area (Å²) in [5.41, 5.74) is 8.63. The van der Waals surface area contributed by atoms with Crippen molar-refractivity contribution in [3.63, 3.8) is 0 Å². The molecule has 0 aromatic heterocycles. The highest BCUT2D eigenvalue weighted by Crippen LogP contribution is 2.24. The molecule has 104 valence electrons. The molecule has 3 N–H and O–H groups in total. The summed E-state index contributed by atoms with van der Waals surface area (Å²) in [6, 6.07) is 7.34. The number of nitrogens with two attached hydrogens (primary N) is 1. The number of hydrogen-bond acceptors (Lipinski definition) is 2. The fourth-order valence-corrected chi connectivity index (χ4v) is 1.98. The highest BCUT2D eigenvalue weighted by Gasteiger charge is 2.14. The molecule has 20 heavy (non-hydrogen) atoms. The Morgan fingerprint density at radius 1 is 1.20 bits per heavy atom. The van der Waals surface area contributed by atoms with Crippen LogP contribution in [0.5, 0.6) is 0 Å². The number of aryl methyl sites for hydroxylation is 2. The molecule has 0 aliphatic carbocycles. The summed E-state index contributed by atoms with van der Waals surface area (Å²) in [4.78, 5) is 12.1. The molecule has 0 fully saturated rings. The number of benzene rings is 2. The van der Waals surface area contributed by atoms with Crippen LogP contribution < -0.4 is 11.1 Å². The normalized spacial score (nSPS) is 10.4. The fraction of sp³-hybridized carbons (Fsp3) is 0.133. The zero-order valence-electron chi connectivity index (χ0n) is 11.1. The molecule has 0 saturated carbocycles. The van der Waals surface area contributed by atoms with Crippen LogP contribution in [0, 0.1) is 19.7 Å². The van der Waals surface area contributed by atoms with Crippen molar-refractivity contribution in [3.8, 4) is 0 Å². The molecule has 0 spiro atoms. The van der Waals surface area contributed by atoms with Gasteiger partial charge in [-0.1, -0.05) is 11.6 Å². The van der Waals surface area contributed by atoms with Gasteiger partial charge >= 0.3 is 0 Å². The molecule has 0 atom stereocenters. The lowest BCUT2D eigenvalue weighted by Crippen LogP contribution is -2.15. The third-order valence-electron chi connectivity index (χ3n) is 3.09. The molecule has 0 aliphatic heterocycles. The van der Waals surface area contributed by atoms with Crippen molar-refractivity contribution in [1.29, 1.82) is 0 Å². The van der Waals surface area contributed by atoms with Gasteiger partial charge in [-0.2, -0.15) is 0 Å². The molecule has 2 rings (SSSR count). The van der Waals surface area contributed by atoms with Crippen molar-refractivity contribution in [2.24, 2.45) is 0 Å². The summed E-state index contributed by atoms with van der Waals surface area (Å²) in [5.74, 6) is -1.21. The fourth-order valence-electron chi connectivity index (χ4n) is 1.81. The standard InChI is InChI=1S/C15H14ClFN2O/c1-8-5-13(18)14(6-9(8)2)19-15(20)11-7-10(16)3-4-12(11)17/h3-7H,18H2,1-2H3,(H,19,20). The minimum absolute atomic E-state index is 0.116. The predicted octanol–water partition coefficient (Wildman–Crippen LogP) is 3.93. The maximum absolute atomic E-state index is 13.6. The maximum atomic E-state index is 13.6. The van der Waals surface area contributed by atoms with Crippen molar-refractivity contribution < 1.29 is 9.18 Å². The summed E-state index contributed by atoms with van der Waals surface area (Å²) >= 11 is 5.77. The van der Waals surface area contributed by atoms with E-state index in [1.807, 2.05) is 13.8 Å². The summed E-state index contributed by atoms with van der Waals surface area (Å²) in [6.07, 6.45) is 0. The lowest BCUT2D eigenvalue weighted by atomic mass is 10.1. The predicted molar refractivity (Wildman–Crippen MR) is 79.7 cm³/mol. The molecule has 0 unspecified atom stereocenters. The van der Waals surface area contributed by atoms with E-state index in [2.05, 4.69) is 5.32 Å². The van der Waals surface area contributed by atoms with Crippen LogP contribution in [0.25, 0.3) is 0 Å². The highest BCUT2D eigenvalue weighted by molar-refractivity contribution is 6.31. The monoisotopic (exact) mass is 292 g/mol. The summed E-state index contributed by atoms with van der Waals surface area (Å²) in [6.45, 7) is 3.83.